The summed E-state index contributed by atoms with van der Waals surface area (Å²) >= 11 is 0. The average Bonchev–Trinajstić information content (AvgIpc) is 2.59. The van der Waals surface area contributed by atoms with Crippen LogP contribution < -0.4 is 10.6 Å². The predicted octanol–water partition coefficient (Wildman–Crippen LogP) is -2.09. The minimum Gasteiger partial charge on any atom is -0.394 e. The highest BCUT2D eigenvalue weighted by Gasteiger charge is 2.30. The summed E-state index contributed by atoms with van der Waals surface area (Å²) in [5, 5.41) is 52.4. The Morgan fingerprint density at radius 2 is 1.46 bits per heavy atom. The molecule has 0 aliphatic rings. The summed E-state index contributed by atoms with van der Waals surface area (Å²) in [6, 6.07) is -0.361. The van der Waals surface area contributed by atoms with Crippen molar-refractivity contribution in [3.8, 4) is 0 Å². The first kappa shape index (κ1) is 24.9. The molecule has 0 aromatic heterocycles. The van der Waals surface area contributed by atoms with Gasteiger partial charge in [0.2, 0.25) is 5.91 Å². The Bertz CT molecular complexity index is 431. The summed E-state index contributed by atoms with van der Waals surface area (Å²) < 4.78 is 0. The molecule has 154 valence electrons. The number of Topliss-reactive ketones (excluding diaryl/α,β-unsaturated/α-hetero) is 1. The average molecular weight is 378 g/mol. The van der Waals surface area contributed by atoms with Crippen LogP contribution in [-0.2, 0) is 9.59 Å². The van der Waals surface area contributed by atoms with Gasteiger partial charge in [0, 0.05) is 24.9 Å². The van der Waals surface area contributed by atoms with Crippen LogP contribution in [-0.4, -0.2) is 86.9 Å². The Hall–Kier alpha value is -1.10. The summed E-state index contributed by atoms with van der Waals surface area (Å²) in [6.07, 6.45) is -6.23. The van der Waals surface area contributed by atoms with Crippen molar-refractivity contribution in [2.75, 3.05) is 13.2 Å². The van der Waals surface area contributed by atoms with Crippen LogP contribution >= 0.6 is 0 Å². The number of nitrogens with one attached hydrogen (secondary N) is 2. The highest BCUT2D eigenvalue weighted by molar-refractivity contribution is 5.86. The SMILES string of the molecule is CC(C)N[C@@H](CCC(=O)NC[C@H](O)[C@@H](O)[C@H](O)[C@H](O)CO)C(=O)C(C)C. The summed E-state index contributed by atoms with van der Waals surface area (Å²) in [7, 11) is 0. The van der Waals surface area contributed by atoms with Crippen molar-refractivity contribution in [2.45, 2.75) is 77.0 Å². The third-order valence-corrected chi connectivity index (χ3v) is 3.94. The van der Waals surface area contributed by atoms with Gasteiger partial charge < -0.3 is 36.2 Å². The van der Waals surface area contributed by atoms with Gasteiger partial charge in [0.15, 0.2) is 5.78 Å². The van der Waals surface area contributed by atoms with E-state index < -0.39 is 43.0 Å². The maximum Gasteiger partial charge on any atom is 0.220 e. The minimum atomic E-state index is -1.74. The first-order valence-electron chi connectivity index (χ1n) is 8.90. The molecule has 0 aliphatic heterocycles. The molecular weight excluding hydrogens is 344 g/mol. The fourth-order valence-electron chi connectivity index (χ4n) is 2.38. The fourth-order valence-corrected chi connectivity index (χ4v) is 2.38. The Labute approximate surface area is 154 Å². The molecule has 0 rings (SSSR count). The second-order valence-electron chi connectivity index (χ2n) is 7.07. The summed E-state index contributed by atoms with van der Waals surface area (Å²) in [4.78, 5) is 24.1. The molecule has 7 N–H and O–H groups in total. The van der Waals surface area contributed by atoms with Crippen molar-refractivity contribution in [3.05, 3.63) is 0 Å². The van der Waals surface area contributed by atoms with Gasteiger partial charge in [0.25, 0.3) is 0 Å². The minimum absolute atomic E-state index is 0.0167. The van der Waals surface area contributed by atoms with E-state index in [1.165, 1.54) is 0 Å². The number of aliphatic hydroxyl groups excluding tert-OH is 5. The molecule has 9 heteroatoms. The number of hydrogen-bond acceptors (Lipinski definition) is 8. The number of carbonyl (C=O) groups is 2. The van der Waals surface area contributed by atoms with Gasteiger partial charge in [-0.25, -0.2) is 0 Å². The van der Waals surface area contributed by atoms with Crippen molar-refractivity contribution in [1.29, 1.82) is 0 Å². The first-order valence-corrected chi connectivity index (χ1v) is 8.90. The summed E-state index contributed by atoms with van der Waals surface area (Å²) in [6.45, 7) is 6.29. The summed E-state index contributed by atoms with van der Waals surface area (Å²) in [5.41, 5.74) is 0. The fraction of sp³-hybridized carbons (Fsp3) is 0.882. The molecule has 0 aliphatic carbocycles. The van der Waals surface area contributed by atoms with Crippen molar-refractivity contribution in [2.24, 2.45) is 5.92 Å². The molecule has 5 atom stereocenters. The number of ketones is 1. The highest BCUT2D eigenvalue weighted by Crippen LogP contribution is 2.08. The van der Waals surface area contributed by atoms with E-state index in [0.29, 0.717) is 6.42 Å². The zero-order valence-electron chi connectivity index (χ0n) is 15.9. The maximum atomic E-state index is 12.2. The molecule has 0 saturated carbocycles. The number of carbonyl (C=O) groups excluding carboxylic acids is 2. The molecule has 0 radical (unpaired) electrons. The lowest BCUT2D eigenvalue weighted by atomic mass is 9.97. The molecule has 0 aromatic carbocycles. The third kappa shape index (κ3) is 9.02. The number of hydrogen-bond donors (Lipinski definition) is 7. The number of amides is 1. The second kappa shape index (κ2) is 12.3. The predicted molar refractivity (Wildman–Crippen MR) is 95.3 cm³/mol. The lowest BCUT2D eigenvalue weighted by molar-refractivity contribution is -0.127. The van der Waals surface area contributed by atoms with Crippen molar-refractivity contribution in [3.63, 3.8) is 0 Å². The first-order chi connectivity index (χ1) is 12.0. The molecule has 0 fully saturated rings. The molecule has 1 amide bonds. The molecule has 0 unspecified atom stereocenters. The van der Waals surface area contributed by atoms with E-state index in [4.69, 9.17) is 5.11 Å². The normalized spacial score (nSPS) is 17.7. The Balaban J connectivity index is 4.44. The second-order valence-corrected chi connectivity index (χ2v) is 7.07. The zero-order chi connectivity index (χ0) is 20.4. The van der Waals surface area contributed by atoms with Gasteiger partial charge in [0.1, 0.15) is 18.3 Å². The third-order valence-electron chi connectivity index (χ3n) is 3.94. The van der Waals surface area contributed by atoms with Gasteiger partial charge in [-0.2, -0.15) is 0 Å². The van der Waals surface area contributed by atoms with Crippen LogP contribution in [0.1, 0.15) is 40.5 Å². The van der Waals surface area contributed by atoms with E-state index in [2.05, 4.69) is 10.6 Å². The number of aliphatic hydroxyl groups is 5. The quantitative estimate of drug-likeness (QED) is 0.192. The molecule has 0 aromatic rings. The lowest BCUT2D eigenvalue weighted by Crippen LogP contribution is -2.49. The van der Waals surface area contributed by atoms with E-state index in [9.17, 15) is 30.0 Å². The van der Waals surface area contributed by atoms with E-state index in [0.717, 1.165) is 0 Å². The van der Waals surface area contributed by atoms with Gasteiger partial charge in [-0.1, -0.05) is 27.7 Å². The molecule has 0 spiro atoms. The monoisotopic (exact) mass is 378 g/mol. The molecule has 9 nitrogen and oxygen atoms in total. The molecule has 0 saturated heterocycles. The van der Waals surface area contributed by atoms with Gasteiger partial charge in [-0.3, -0.25) is 9.59 Å². The Morgan fingerprint density at radius 3 is 1.92 bits per heavy atom. The molecule has 0 bridgehead atoms. The van der Waals surface area contributed by atoms with Crippen LogP contribution in [0.25, 0.3) is 0 Å². The van der Waals surface area contributed by atoms with Gasteiger partial charge in [-0.05, 0) is 6.42 Å². The van der Waals surface area contributed by atoms with Crippen molar-refractivity contribution < 1.29 is 35.1 Å². The molecule has 26 heavy (non-hydrogen) atoms. The van der Waals surface area contributed by atoms with Crippen molar-refractivity contribution >= 4 is 11.7 Å². The smallest absolute Gasteiger partial charge is 0.220 e. The standard InChI is InChI=1S/C17H34N2O7/c1-9(2)15(24)11(19-10(3)4)5-6-14(23)18-7-12(21)16(25)17(26)13(22)8-20/h9-13,16-17,19-22,25-26H,5-8H2,1-4H3,(H,18,23)/t11-,12-,13+,16+,17+/m0/s1. The Morgan fingerprint density at radius 1 is 0.923 bits per heavy atom. The maximum absolute atomic E-state index is 12.2. The van der Waals surface area contributed by atoms with Crippen LogP contribution in [0, 0.1) is 5.92 Å². The van der Waals surface area contributed by atoms with E-state index in [1.807, 2.05) is 13.8 Å². The lowest BCUT2D eigenvalue weighted by Gasteiger charge is -2.26. The topological polar surface area (TPSA) is 159 Å². The van der Waals surface area contributed by atoms with Gasteiger partial charge in [-0.15, -0.1) is 0 Å². The van der Waals surface area contributed by atoms with Crippen LogP contribution in [0.4, 0.5) is 0 Å². The van der Waals surface area contributed by atoms with Crippen LogP contribution in [0.2, 0.25) is 0 Å². The van der Waals surface area contributed by atoms with E-state index in [-0.39, 0.29) is 30.7 Å². The van der Waals surface area contributed by atoms with Crippen molar-refractivity contribution in [1.82, 2.24) is 10.6 Å². The highest BCUT2D eigenvalue weighted by atomic mass is 16.4. The zero-order valence-corrected chi connectivity index (χ0v) is 15.9. The Kier molecular flexibility index (Phi) is 11.8. The molecule has 0 heterocycles. The van der Waals surface area contributed by atoms with Gasteiger partial charge in [0.05, 0.1) is 18.8 Å². The van der Waals surface area contributed by atoms with Gasteiger partial charge >= 0.3 is 0 Å². The van der Waals surface area contributed by atoms with Crippen LogP contribution in [0.15, 0.2) is 0 Å². The van der Waals surface area contributed by atoms with Crippen LogP contribution in [0.5, 0.6) is 0 Å². The van der Waals surface area contributed by atoms with Crippen LogP contribution in [0.3, 0.4) is 0 Å². The van der Waals surface area contributed by atoms with E-state index in [1.54, 1.807) is 13.8 Å². The number of rotatable bonds is 13. The molecular formula is C17H34N2O7. The van der Waals surface area contributed by atoms with E-state index >= 15 is 0 Å². The largest absolute Gasteiger partial charge is 0.394 e. The summed E-state index contributed by atoms with van der Waals surface area (Å²) in [5.74, 6) is -0.561.